The van der Waals surface area contributed by atoms with Gasteiger partial charge in [0.1, 0.15) is 5.75 Å². The summed E-state index contributed by atoms with van der Waals surface area (Å²) in [5, 5.41) is 0. The van der Waals surface area contributed by atoms with Gasteiger partial charge in [0.25, 0.3) is 5.91 Å². The van der Waals surface area contributed by atoms with Gasteiger partial charge in [-0.3, -0.25) is 4.79 Å². The first kappa shape index (κ1) is 16.6. The maximum absolute atomic E-state index is 12.4. The van der Waals surface area contributed by atoms with Gasteiger partial charge < -0.3 is 19.1 Å². The molecule has 0 spiro atoms. The maximum Gasteiger partial charge on any atom is 0.260 e. The van der Waals surface area contributed by atoms with Gasteiger partial charge in [-0.25, -0.2) is 0 Å². The van der Waals surface area contributed by atoms with Crippen LogP contribution in [0.3, 0.4) is 0 Å². The normalized spacial score (nSPS) is 12.1. The van der Waals surface area contributed by atoms with E-state index in [1.807, 2.05) is 49.4 Å². The van der Waals surface area contributed by atoms with Gasteiger partial charge in [0.2, 0.25) is 6.79 Å². The van der Waals surface area contributed by atoms with Gasteiger partial charge in [-0.2, -0.15) is 0 Å². The molecule has 2 aromatic carbocycles. The fourth-order valence-electron chi connectivity index (χ4n) is 2.43. The van der Waals surface area contributed by atoms with Crippen molar-refractivity contribution < 1.29 is 19.0 Å². The van der Waals surface area contributed by atoms with Crippen LogP contribution < -0.4 is 14.2 Å². The molecule has 2 aromatic rings. The van der Waals surface area contributed by atoms with Crippen LogP contribution in [0.5, 0.6) is 17.2 Å². The first-order valence-electron chi connectivity index (χ1n) is 7.71. The Morgan fingerprint density at radius 1 is 1.21 bits per heavy atom. The van der Waals surface area contributed by atoms with Crippen LogP contribution in [0.4, 0.5) is 0 Å². The first-order chi connectivity index (χ1) is 11.7. The monoisotopic (exact) mass is 391 g/mol. The van der Waals surface area contributed by atoms with Crippen molar-refractivity contribution in [3.8, 4) is 17.2 Å². The van der Waals surface area contributed by atoms with E-state index in [1.54, 1.807) is 4.90 Å². The molecule has 0 aromatic heterocycles. The number of carbonyl (C=O) groups excluding carboxylic acids is 1. The van der Waals surface area contributed by atoms with E-state index in [2.05, 4.69) is 15.9 Å². The average Bonchev–Trinajstić information content (AvgIpc) is 3.06. The maximum atomic E-state index is 12.4. The molecule has 0 fully saturated rings. The fourth-order valence-corrected chi connectivity index (χ4v) is 2.83. The summed E-state index contributed by atoms with van der Waals surface area (Å²) in [5.74, 6) is 2.06. The number of fused-ring (bicyclic) bond motifs is 1. The molecule has 0 unspecified atom stereocenters. The van der Waals surface area contributed by atoms with Crippen molar-refractivity contribution in [2.75, 3.05) is 19.9 Å². The standard InChI is InChI=1S/C18H18BrNO4/c1-2-20(10-13-7-8-16-17(9-13)24-12-23-16)18(21)11-22-15-6-4-3-5-14(15)19/h3-9H,2,10-12H2,1H3. The van der Waals surface area contributed by atoms with Crippen molar-refractivity contribution in [1.29, 1.82) is 0 Å². The summed E-state index contributed by atoms with van der Waals surface area (Å²) in [6, 6.07) is 13.2. The predicted octanol–water partition coefficient (Wildman–Crippen LogP) is 3.61. The number of benzene rings is 2. The minimum atomic E-state index is -0.0640. The van der Waals surface area contributed by atoms with Crippen molar-refractivity contribution in [2.24, 2.45) is 0 Å². The van der Waals surface area contributed by atoms with E-state index in [0.29, 0.717) is 18.8 Å². The van der Waals surface area contributed by atoms with Gasteiger partial charge in [0, 0.05) is 13.1 Å². The van der Waals surface area contributed by atoms with Crippen LogP contribution in [0.15, 0.2) is 46.9 Å². The van der Waals surface area contributed by atoms with E-state index in [1.165, 1.54) is 0 Å². The van der Waals surface area contributed by atoms with Crippen molar-refractivity contribution in [1.82, 2.24) is 4.90 Å². The fraction of sp³-hybridized carbons (Fsp3) is 0.278. The van der Waals surface area contributed by atoms with Crippen molar-refractivity contribution in [3.63, 3.8) is 0 Å². The molecule has 0 bridgehead atoms. The number of carbonyl (C=O) groups is 1. The molecule has 6 heteroatoms. The Balaban J connectivity index is 1.61. The molecule has 126 valence electrons. The van der Waals surface area contributed by atoms with Gasteiger partial charge in [0.15, 0.2) is 18.1 Å². The van der Waals surface area contributed by atoms with E-state index in [0.717, 1.165) is 21.5 Å². The highest BCUT2D eigenvalue weighted by atomic mass is 79.9. The molecule has 0 N–H and O–H groups in total. The van der Waals surface area contributed by atoms with Crippen LogP contribution in [0.1, 0.15) is 12.5 Å². The topological polar surface area (TPSA) is 48.0 Å². The molecule has 1 aliphatic rings. The number of amides is 1. The lowest BCUT2D eigenvalue weighted by Gasteiger charge is -2.21. The Kier molecular flexibility index (Phi) is 5.25. The Morgan fingerprint density at radius 3 is 2.79 bits per heavy atom. The van der Waals surface area contributed by atoms with Crippen LogP contribution in [0.25, 0.3) is 0 Å². The molecular weight excluding hydrogens is 374 g/mol. The Morgan fingerprint density at radius 2 is 2.00 bits per heavy atom. The Hall–Kier alpha value is -2.21. The third-order valence-electron chi connectivity index (χ3n) is 3.73. The zero-order valence-electron chi connectivity index (χ0n) is 13.3. The SMILES string of the molecule is CCN(Cc1ccc2c(c1)OCO2)C(=O)COc1ccccc1Br. The second kappa shape index (κ2) is 7.57. The minimum Gasteiger partial charge on any atom is -0.483 e. The van der Waals surface area contributed by atoms with E-state index in [-0.39, 0.29) is 19.3 Å². The number of halogens is 1. The summed E-state index contributed by atoms with van der Waals surface area (Å²) < 4.78 is 17.1. The molecule has 1 heterocycles. The van der Waals surface area contributed by atoms with Gasteiger partial charge in [0.05, 0.1) is 4.47 Å². The lowest BCUT2D eigenvalue weighted by molar-refractivity contribution is -0.133. The second-order valence-corrected chi connectivity index (χ2v) is 6.17. The van der Waals surface area contributed by atoms with Gasteiger partial charge >= 0.3 is 0 Å². The molecule has 3 rings (SSSR count). The third-order valence-corrected chi connectivity index (χ3v) is 4.39. The summed E-state index contributed by atoms with van der Waals surface area (Å²) in [6.07, 6.45) is 0. The number of hydrogen-bond acceptors (Lipinski definition) is 4. The van der Waals surface area contributed by atoms with E-state index < -0.39 is 0 Å². The Bertz CT molecular complexity index is 735. The highest BCUT2D eigenvalue weighted by Crippen LogP contribution is 2.32. The first-order valence-corrected chi connectivity index (χ1v) is 8.50. The highest BCUT2D eigenvalue weighted by Gasteiger charge is 2.17. The highest BCUT2D eigenvalue weighted by molar-refractivity contribution is 9.10. The molecule has 1 amide bonds. The zero-order valence-corrected chi connectivity index (χ0v) is 14.9. The molecule has 0 saturated carbocycles. The van der Waals surface area contributed by atoms with Gasteiger partial charge in [-0.1, -0.05) is 18.2 Å². The number of nitrogens with zero attached hydrogens (tertiary/aromatic N) is 1. The van der Waals surface area contributed by atoms with E-state index >= 15 is 0 Å². The Labute approximate surface area is 149 Å². The molecule has 0 saturated heterocycles. The number of hydrogen-bond donors (Lipinski definition) is 0. The summed E-state index contributed by atoms with van der Waals surface area (Å²) in [6.45, 7) is 3.30. The van der Waals surface area contributed by atoms with Gasteiger partial charge in [-0.15, -0.1) is 0 Å². The van der Waals surface area contributed by atoms with Crippen LogP contribution in [0.2, 0.25) is 0 Å². The molecule has 0 radical (unpaired) electrons. The zero-order chi connectivity index (χ0) is 16.9. The summed E-state index contributed by atoms with van der Waals surface area (Å²) in [5.41, 5.74) is 0.996. The van der Waals surface area contributed by atoms with E-state index in [9.17, 15) is 4.79 Å². The summed E-state index contributed by atoms with van der Waals surface area (Å²) in [4.78, 5) is 14.2. The van der Waals surface area contributed by atoms with Crippen molar-refractivity contribution in [3.05, 3.63) is 52.5 Å². The molecular formula is C18H18BrNO4. The van der Waals surface area contributed by atoms with Gasteiger partial charge in [-0.05, 0) is 52.7 Å². The molecule has 24 heavy (non-hydrogen) atoms. The second-order valence-electron chi connectivity index (χ2n) is 5.31. The molecule has 5 nitrogen and oxygen atoms in total. The third kappa shape index (κ3) is 3.82. The molecule has 0 atom stereocenters. The summed E-state index contributed by atoms with van der Waals surface area (Å²) in [7, 11) is 0. The van der Waals surface area contributed by atoms with Crippen LogP contribution >= 0.6 is 15.9 Å². The quantitative estimate of drug-likeness (QED) is 0.754. The van der Waals surface area contributed by atoms with Crippen molar-refractivity contribution in [2.45, 2.75) is 13.5 Å². The number of ether oxygens (including phenoxy) is 3. The summed E-state index contributed by atoms with van der Waals surface area (Å²) >= 11 is 3.41. The van der Waals surface area contributed by atoms with Crippen molar-refractivity contribution >= 4 is 21.8 Å². The minimum absolute atomic E-state index is 0.000997. The largest absolute Gasteiger partial charge is 0.483 e. The number of rotatable bonds is 6. The lowest BCUT2D eigenvalue weighted by atomic mass is 10.2. The predicted molar refractivity (Wildman–Crippen MR) is 93.3 cm³/mol. The number of para-hydroxylation sites is 1. The van der Waals surface area contributed by atoms with Crippen LogP contribution in [-0.2, 0) is 11.3 Å². The van der Waals surface area contributed by atoms with E-state index in [4.69, 9.17) is 14.2 Å². The van der Waals surface area contributed by atoms with Crippen LogP contribution in [0, 0.1) is 0 Å². The molecule has 0 aliphatic carbocycles. The number of likely N-dealkylation sites (N-methyl/N-ethyl adjacent to an activating group) is 1. The average molecular weight is 392 g/mol. The smallest absolute Gasteiger partial charge is 0.260 e. The van der Waals surface area contributed by atoms with Crippen LogP contribution in [-0.4, -0.2) is 30.8 Å². The molecule has 1 aliphatic heterocycles. The lowest BCUT2D eigenvalue weighted by Crippen LogP contribution is -2.34.